The van der Waals surface area contributed by atoms with Crippen LogP contribution in [0.25, 0.3) is 0 Å². The number of alkyl halides is 5. The van der Waals surface area contributed by atoms with Crippen LogP contribution in [0.2, 0.25) is 0 Å². The van der Waals surface area contributed by atoms with Crippen LogP contribution in [0.3, 0.4) is 0 Å². The van der Waals surface area contributed by atoms with Crippen LogP contribution in [0.4, 0.5) is 30.9 Å². The average Bonchev–Trinajstić information content (AvgIpc) is 2.11. The minimum Gasteiger partial charge on any atom is -0.190 e. The van der Waals surface area contributed by atoms with E-state index in [2.05, 4.69) is 6.58 Å². The van der Waals surface area contributed by atoms with Crippen LogP contribution in [-0.2, 0) is 10.2 Å². The van der Waals surface area contributed by atoms with Crippen molar-refractivity contribution in [2.45, 2.75) is 12.2 Å². The van der Waals surface area contributed by atoms with E-state index in [1.807, 2.05) is 0 Å². The molecular formula is C5H5F7N2O2S. The van der Waals surface area contributed by atoms with E-state index in [1.165, 1.54) is 0 Å². The zero-order valence-corrected chi connectivity index (χ0v) is 8.57. The van der Waals surface area contributed by atoms with Crippen molar-refractivity contribution in [2.24, 2.45) is 0 Å². The molecule has 0 aromatic carbocycles. The molecule has 4 nitrogen and oxygen atoms in total. The van der Waals surface area contributed by atoms with E-state index in [1.54, 1.807) is 0 Å². The SMILES string of the molecule is C=CCN(C(F)(F)C(F)(F)F)S(=O)(=O)N(F)F. The van der Waals surface area contributed by atoms with Gasteiger partial charge in [0.2, 0.25) is 0 Å². The van der Waals surface area contributed by atoms with Gasteiger partial charge in [0.1, 0.15) is 0 Å². The first-order valence-corrected chi connectivity index (χ1v) is 4.98. The molecule has 0 saturated carbocycles. The predicted molar refractivity (Wildman–Crippen MR) is 40.9 cm³/mol. The summed E-state index contributed by atoms with van der Waals surface area (Å²) in [7, 11) is -6.25. The molecule has 0 spiro atoms. The largest absolute Gasteiger partial charge is 0.470 e. The molecule has 0 atom stereocenters. The van der Waals surface area contributed by atoms with Gasteiger partial charge in [0.05, 0.1) is 0 Å². The highest BCUT2D eigenvalue weighted by Crippen LogP contribution is 2.40. The highest BCUT2D eigenvalue weighted by atomic mass is 32.2. The molecule has 0 heterocycles. The molecule has 12 heteroatoms. The summed E-state index contributed by atoms with van der Waals surface area (Å²) in [5.74, 6) is 0. The van der Waals surface area contributed by atoms with Gasteiger partial charge in [-0.3, -0.25) is 0 Å². The second-order valence-corrected chi connectivity index (χ2v) is 4.15. The van der Waals surface area contributed by atoms with Gasteiger partial charge < -0.3 is 0 Å². The molecule has 0 unspecified atom stereocenters. The fourth-order valence-corrected chi connectivity index (χ4v) is 1.52. The zero-order valence-electron chi connectivity index (χ0n) is 7.76. The summed E-state index contributed by atoms with van der Waals surface area (Å²) < 4.78 is 101. The van der Waals surface area contributed by atoms with Gasteiger partial charge in [-0.2, -0.15) is 30.4 Å². The molecule has 0 amide bonds. The van der Waals surface area contributed by atoms with E-state index in [0.717, 1.165) is 0 Å². The lowest BCUT2D eigenvalue weighted by Gasteiger charge is -2.29. The highest BCUT2D eigenvalue weighted by molar-refractivity contribution is 7.86. The molecule has 0 rings (SSSR count). The Balaban J connectivity index is 5.63. The fourth-order valence-electron chi connectivity index (χ4n) is 0.687. The fraction of sp³-hybridized carbons (Fsp3) is 0.600. The van der Waals surface area contributed by atoms with Crippen LogP contribution in [0.1, 0.15) is 0 Å². The number of hydrogen-bond donors (Lipinski definition) is 0. The summed E-state index contributed by atoms with van der Waals surface area (Å²) in [5.41, 5.74) is 0. The first-order valence-electron chi connectivity index (χ1n) is 3.59. The van der Waals surface area contributed by atoms with Crippen molar-refractivity contribution < 1.29 is 39.3 Å². The standard InChI is InChI=1S/C5H5F7N2O2S/c1-2-3-13(17(15,16)14(11)12)5(9,10)4(6,7)8/h2H,1,3H2. The smallest absolute Gasteiger partial charge is 0.190 e. The van der Waals surface area contributed by atoms with Crippen molar-refractivity contribution in [3.8, 4) is 0 Å². The normalized spacial score (nSPS) is 14.4. The molecule has 0 bridgehead atoms. The Kier molecular flexibility index (Phi) is 4.53. The van der Waals surface area contributed by atoms with Crippen molar-refractivity contribution in [3.05, 3.63) is 12.7 Å². The van der Waals surface area contributed by atoms with E-state index >= 15 is 0 Å². The summed E-state index contributed by atoms with van der Waals surface area (Å²) >= 11 is 0. The highest BCUT2D eigenvalue weighted by Gasteiger charge is 2.66. The Morgan fingerprint density at radius 2 is 1.53 bits per heavy atom. The summed E-state index contributed by atoms with van der Waals surface area (Å²) in [6, 6.07) is -5.98. The first kappa shape index (κ1) is 16.1. The van der Waals surface area contributed by atoms with Crippen LogP contribution in [-0.4, -0.2) is 36.2 Å². The Hall–Kier alpha value is -0.880. The van der Waals surface area contributed by atoms with Crippen LogP contribution in [0, 0.1) is 0 Å². The van der Waals surface area contributed by atoms with Gasteiger partial charge in [0.15, 0.2) is 4.75 Å². The lowest BCUT2D eigenvalue weighted by molar-refractivity contribution is -0.323. The molecule has 17 heavy (non-hydrogen) atoms. The Morgan fingerprint density at radius 3 is 1.76 bits per heavy atom. The second-order valence-electron chi connectivity index (χ2n) is 2.54. The second kappa shape index (κ2) is 4.78. The maximum Gasteiger partial charge on any atom is 0.470 e. The maximum absolute atomic E-state index is 12.7. The van der Waals surface area contributed by atoms with Crippen molar-refractivity contribution >= 4 is 10.2 Å². The number of rotatable bonds is 5. The Labute approximate surface area is 91.0 Å². The molecule has 0 saturated heterocycles. The molecule has 0 aliphatic carbocycles. The molecule has 0 fully saturated rings. The molecule has 0 aliphatic heterocycles. The minimum absolute atomic E-state index is 0.306. The molecular weight excluding hydrogens is 285 g/mol. The molecule has 0 aromatic rings. The molecule has 0 N–H and O–H groups in total. The van der Waals surface area contributed by atoms with Gasteiger partial charge in [0.25, 0.3) is 0 Å². The molecule has 0 aromatic heterocycles. The van der Waals surface area contributed by atoms with E-state index < -0.39 is 38.0 Å². The molecule has 102 valence electrons. The Bertz CT molecular complexity index is 376. The zero-order chi connectivity index (χ0) is 14.1. The van der Waals surface area contributed by atoms with E-state index in [9.17, 15) is 39.3 Å². The molecule has 0 radical (unpaired) electrons. The summed E-state index contributed by atoms with van der Waals surface area (Å²) in [5, 5.41) is 0. The van der Waals surface area contributed by atoms with Gasteiger partial charge >= 0.3 is 22.4 Å². The molecule has 0 aliphatic rings. The number of nitrogens with zero attached hydrogens (tertiary/aromatic N) is 2. The maximum atomic E-state index is 12.7. The number of hydrogen-bond acceptors (Lipinski definition) is 2. The van der Waals surface area contributed by atoms with Gasteiger partial charge in [-0.25, -0.2) is 0 Å². The van der Waals surface area contributed by atoms with Crippen LogP contribution in [0.5, 0.6) is 0 Å². The van der Waals surface area contributed by atoms with Crippen LogP contribution < -0.4 is 0 Å². The lowest BCUT2D eigenvalue weighted by Crippen LogP contribution is -2.56. The van der Waals surface area contributed by atoms with Gasteiger partial charge in [0, 0.05) is 6.54 Å². The van der Waals surface area contributed by atoms with E-state index in [0.29, 0.717) is 6.08 Å². The van der Waals surface area contributed by atoms with Crippen LogP contribution >= 0.6 is 0 Å². The number of halogens is 7. The van der Waals surface area contributed by atoms with E-state index in [-0.39, 0.29) is 0 Å². The minimum atomic E-state index is -6.33. The van der Waals surface area contributed by atoms with Crippen molar-refractivity contribution in [3.63, 3.8) is 0 Å². The van der Waals surface area contributed by atoms with Crippen molar-refractivity contribution in [1.82, 2.24) is 9.05 Å². The monoisotopic (exact) mass is 290 g/mol. The topological polar surface area (TPSA) is 40.6 Å². The van der Waals surface area contributed by atoms with Crippen molar-refractivity contribution in [1.29, 1.82) is 0 Å². The predicted octanol–water partition coefficient (Wildman–Crippen LogP) is 1.95. The Morgan fingerprint density at radius 1 is 1.12 bits per heavy atom. The van der Waals surface area contributed by atoms with Gasteiger partial charge in [-0.05, 0) is 0 Å². The van der Waals surface area contributed by atoms with Gasteiger partial charge in [-0.1, -0.05) is 15.0 Å². The third-order valence-electron chi connectivity index (χ3n) is 1.40. The quantitative estimate of drug-likeness (QED) is 0.336. The van der Waals surface area contributed by atoms with E-state index in [4.69, 9.17) is 0 Å². The van der Waals surface area contributed by atoms with Gasteiger partial charge in [-0.15, -0.1) is 10.9 Å². The average molecular weight is 290 g/mol. The lowest BCUT2D eigenvalue weighted by atomic mass is 10.5. The third-order valence-corrected chi connectivity index (χ3v) is 2.69. The summed E-state index contributed by atoms with van der Waals surface area (Å²) in [6.45, 7) is 1.06. The van der Waals surface area contributed by atoms with Crippen LogP contribution in [0.15, 0.2) is 12.7 Å². The summed E-state index contributed by atoms with van der Waals surface area (Å²) in [6.07, 6.45) is -6.03. The first-order chi connectivity index (χ1) is 7.39. The summed E-state index contributed by atoms with van der Waals surface area (Å²) in [4.78, 5) is 0. The third kappa shape index (κ3) is 3.07. The van der Waals surface area contributed by atoms with Crippen molar-refractivity contribution in [2.75, 3.05) is 6.54 Å².